The molecule has 0 spiro atoms. The fourth-order valence-corrected chi connectivity index (χ4v) is 3.28. The van der Waals surface area contributed by atoms with Crippen molar-refractivity contribution >= 4 is 16.0 Å². The molecule has 0 atom stereocenters. The highest BCUT2D eigenvalue weighted by Gasteiger charge is 2.29. The van der Waals surface area contributed by atoms with E-state index in [0.29, 0.717) is 17.9 Å². The summed E-state index contributed by atoms with van der Waals surface area (Å²) < 4.78 is 26.9. The van der Waals surface area contributed by atoms with Crippen LogP contribution in [0.3, 0.4) is 0 Å². The third-order valence-electron chi connectivity index (χ3n) is 2.64. The van der Waals surface area contributed by atoms with Gasteiger partial charge in [-0.1, -0.05) is 0 Å². The van der Waals surface area contributed by atoms with Crippen LogP contribution in [0.25, 0.3) is 0 Å². The average molecular weight is 275 g/mol. The predicted octanol–water partition coefficient (Wildman–Crippen LogP) is 0.225. The highest BCUT2D eigenvalue weighted by Crippen LogP contribution is 2.22. The molecular formula is C10H17N3O4S. The number of hydrogen-bond acceptors (Lipinski definition) is 4. The van der Waals surface area contributed by atoms with Gasteiger partial charge in [0.1, 0.15) is 11.4 Å². The summed E-state index contributed by atoms with van der Waals surface area (Å²) in [6, 6.07) is 0. The number of aryl methyl sites for hydroxylation is 2. The van der Waals surface area contributed by atoms with Crippen LogP contribution in [0.15, 0.2) is 4.90 Å². The van der Waals surface area contributed by atoms with E-state index in [-0.39, 0.29) is 4.90 Å². The van der Waals surface area contributed by atoms with E-state index in [1.807, 2.05) is 6.92 Å². The Morgan fingerprint density at radius 3 is 2.39 bits per heavy atom. The van der Waals surface area contributed by atoms with E-state index in [1.54, 1.807) is 18.5 Å². The van der Waals surface area contributed by atoms with Crippen molar-refractivity contribution < 1.29 is 18.3 Å². The van der Waals surface area contributed by atoms with E-state index < -0.39 is 22.5 Å². The molecule has 7 nitrogen and oxygen atoms in total. The molecule has 0 saturated carbocycles. The maximum atomic E-state index is 12.2. The first kappa shape index (κ1) is 14.7. The number of carboxylic acids is 1. The van der Waals surface area contributed by atoms with Crippen LogP contribution < -0.4 is 0 Å². The topological polar surface area (TPSA) is 92.5 Å². The van der Waals surface area contributed by atoms with Crippen molar-refractivity contribution in [3.8, 4) is 0 Å². The number of nitrogens with zero attached hydrogens (tertiary/aromatic N) is 3. The average Bonchev–Trinajstić information content (AvgIpc) is 2.52. The van der Waals surface area contributed by atoms with Crippen LogP contribution in [0.5, 0.6) is 0 Å². The highest BCUT2D eigenvalue weighted by molar-refractivity contribution is 7.89. The number of rotatable bonds is 5. The van der Waals surface area contributed by atoms with Gasteiger partial charge in [-0.2, -0.15) is 9.40 Å². The number of sulfonamides is 1. The monoisotopic (exact) mass is 275 g/mol. The van der Waals surface area contributed by atoms with Gasteiger partial charge in [-0.05, 0) is 20.8 Å². The zero-order valence-corrected chi connectivity index (χ0v) is 11.7. The summed E-state index contributed by atoms with van der Waals surface area (Å²) >= 11 is 0. The maximum Gasteiger partial charge on any atom is 0.318 e. The van der Waals surface area contributed by atoms with Crippen molar-refractivity contribution in [2.45, 2.75) is 32.2 Å². The quantitative estimate of drug-likeness (QED) is 0.830. The van der Waals surface area contributed by atoms with Gasteiger partial charge in [0.25, 0.3) is 0 Å². The van der Waals surface area contributed by atoms with E-state index >= 15 is 0 Å². The second-order valence-corrected chi connectivity index (χ2v) is 5.95. The summed E-state index contributed by atoms with van der Waals surface area (Å²) in [5.41, 5.74) is 0.902. The molecule has 1 aromatic heterocycles. The van der Waals surface area contributed by atoms with Gasteiger partial charge in [-0.3, -0.25) is 9.48 Å². The summed E-state index contributed by atoms with van der Waals surface area (Å²) in [7, 11) is -2.57. The Bertz CT molecular complexity index is 562. The first-order valence-electron chi connectivity index (χ1n) is 5.44. The third kappa shape index (κ3) is 2.54. The molecule has 1 rings (SSSR count). The highest BCUT2D eigenvalue weighted by atomic mass is 32.2. The van der Waals surface area contributed by atoms with E-state index in [9.17, 15) is 13.2 Å². The lowest BCUT2D eigenvalue weighted by Crippen LogP contribution is -2.32. The summed E-state index contributed by atoms with van der Waals surface area (Å²) in [6.45, 7) is 5.10. The fourth-order valence-electron chi connectivity index (χ4n) is 1.79. The minimum absolute atomic E-state index is 0.0908. The van der Waals surface area contributed by atoms with Crippen LogP contribution in [0.2, 0.25) is 0 Å². The third-order valence-corrected chi connectivity index (χ3v) is 4.70. The molecule has 1 heterocycles. The fraction of sp³-hybridized carbons (Fsp3) is 0.600. The van der Waals surface area contributed by atoms with E-state index in [0.717, 1.165) is 4.31 Å². The predicted molar refractivity (Wildman–Crippen MR) is 64.8 cm³/mol. The molecular weight excluding hydrogens is 258 g/mol. The molecule has 0 fully saturated rings. The largest absolute Gasteiger partial charge is 0.480 e. The van der Waals surface area contributed by atoms with Crippen molar-refractivity contribution in [2.24, 2.45) is 0 Å². The molecule has 0 radical (unpaired) electrons. The molecule has 0 aromatic carbocycles. The summed E-state index contributed by atoms with van der Waals surface area (Å²) in [6.07, 6.45) is 0. The van der Waals surface area contributed by atoms with Crippen molar-refractivity contribution in [3.63, 3.8) is 0 Å². The van der Waals surface area contributed by atoms with Crippen molar-refractivity contribution in [3.05, 3.63) is 11.4 Å². The van der Waals surface area contributed by atoms with E-state index in [2.05, 4.69) is 5.10 Å². The number of carbonyl (C=O) groups is 1. The number of aromatic nitrogens is 2. The van der Waals surface area contributed by atoms with E-state index in [4.69, 9.17) is 5.11 Å². The first-order valence-corrected chi connectivity index (χ1v) is 6.88. The lowest BCUT2D eigenvalue weighted by molar-refractivity contribution is -0.137. The molecule has 0 bridgehead atoms. The maximum absolute atomic E-state index is 12.2. The van der Waals surface area contributed by atoms with Crippen LogP contribution in [-0.2, 0) is 21.4 Å². The van der Waals surface area contributed by atoms with Crippen LogP contribution in [0, 0.1) is 13.8 Å². The number of carboxylic acid groups (broad SMARTS) is 1. The van der Waals surface area contributed by atoms with Crippen LogP contribution in [0.1, 0.15) is 18.3 Å². The minimum atomic E-state index is -3.82. The molecule has 0 amide bonds. The summed E-state index contributed by atoms with van der Waals surface area (Å²) in [4.78, 5) is 10.7. The Morgan fingerprint density at radius 2 is 2.00 bits per heavy atom. The molecule has 0 unspecified atom stereocenters. The van der Waals surface area contributed by atoms with Gasteiger partial charge in [0.15, 0.2) is 0 Å². The zero-order valence-electron chi connectivity index (χ0n) is 10.8. The first-order chi connectivity index (χ1) is 8.21. The molecule has 102 valence electrons. The molecule has 0 aliphatic rings. The van der Waals surface area contributed by atoms with Crippen molar-refractivity contribution in [1.82, 2.24) is 14.1 Å². The van der Waals surface area contributed by atoms with Gasteiger partial charge in [0.2, 0.25) is 10.0 Å². The Kier molecular flexibility index (Phi) is 4.12. The Morgan fingerprint density at radius 1 is 1.44 bits per heavy atom. The Balaban J connectivity index is 3.28. The zero-order chi connectivity index (χ0) is 14.1. The van der Waals surface area contributed by atoms with Gasteiger partial charge >= 0.3 is 5.97 Å². The Labute approximate surface area is 106 Å². The molecule has 8 heteroatoms. The molecule has 0 aliphatic heterocycles. The summed E-state index contributed by atoms with van der Waals surface area (Å²) in [5.74, 6) is -1.20. The number of aliphatic carboxylic acids is 1. The molecule has 18 heavy (non-hydrogen) atoms. The van der Waals surface area contributed by atoms with Crippen LogP contribution in [-0.4, -0.2) is 47.2 Å². The summed E-state index contributed by atoms with van der Waals surface area (Å²) in [5, 5.41) is 12.8. The second kappa shape index (κ2) is 5.07. The molecule has 1 aromatic rings. The molecule has 0 aliphatic carbocycles. The van der Waals surface area contributed by atoms with Crippen molar-refractivity contribution in [2.75, 3.05) is 13.6 Å². The van der Waals surface area contributed by atoms with Crippen molar-refractivity contribution in [1.29, 1.82) is 0 Å². The number of likely N-dealkylation sites (N-methyl/N-ethyl adjacent to an activating group) is 1. The van der Waals surface area contributed by atoms with Gasteiger partial charge in [0, 0.05) is 13.6 Å². The van der Waals surface area contributed by atoms with Gasteiger partial charge in [-0.25, -0.2) is 8.42 Å². The SMILES string of the molecule is CCn1nc(C)c(S(=O)(=O)N(C)CC(=O)O)c1C. The smallest absolute Gasteiger partial charge is 0.318 e. The lowest BCUT2D eigenvalue weighted by Gasteiger charge is -2.15. The van der Waals surface area contributed by atoms with Crippen LogP contribution >= 0.6 is 0 Å². The second-order valence-electron chi connectivity index (χ2n) is 3.97. The number of hydrogen-bond donors (Lipinski definition) is 1. The standard InChI is InChI=1S/C10H17N3O4S/c1-5-13-8(3)10(7(2)11-13)18(16,17)12(4)6-9(14)15/h5-6H2,1-4H3,(H,14,15). The van der Waals surface area contributed by atoms with E-state index in [1.165, 1.54) is 7.05 Å². The minimum Gasteiger partial charge on any atom is -0.480 e. The Hall–Kier alpha value is -1.41. The normalized spacial score (nSPS) is 12.1. The molecule has 1 N–H and O–H groups in total. The van der Waals surface area contributed by atoms with Gasteiger partial charge in [-0.15, -0.1) is 0 Å². The lowest BCUT2D eigenvalue weighted by atomic mass is 10.4. The van der Waals surface area contributed by atoms with Gasteiger partial charge < -0.3 is 5.11 Å². The van der Waals surface area contributed by atoms with Crippen LogP contribution in [0.4, 0.5) is 0 Å². The van der Waals surface area contributed by atoms with Gasteiger partial charge in [0.05, 0.1) is 11.4 Å². The molecule has 0 saturated heterocycles.